The maximum atomic E-state index is 11.4. The van der Waals surface area contributed by atoms with Crippen LogP contribution >= 0.6 is 0 Å². The van der Waals surface area contributed by atoms with Crippen LogP contribution in [0.3, 0.4) is 0 Å². The molecule has 3 unspecified atom stereocenters. The van der Waals surface area contributed by atoms with Crippen molar-refractivity contribution < 1.29 is 4.79 Å². The van der Waals surface area contributed by atoms with E-state index >= 15 is 0 Å². The van der Waals surface area contributed by atoms with Crippen LogP contribution < -0.4 is 16.0 Å². The third-order valence-electron chi connectivity index (χ3n) is 3.77. The monoisotopic (exact) mass is 225 g/mol. The molecule has 2 aliphatic heterocycles. The van der Waals surface area contributed by atoms with Crippen molar-refractivity contribution >= 4 is 6.03 Å². The SMILES string of the molecule is CCCCNC(=O)NCC1CC2CCC1N2. The molecule has 92 valence electrons. The first-order valence-electron chi connectivity index (χ1n) is 6.57. The highest BCUT2D eigenvalue weighted by atomic mass is 16.2. The molecule has 0 aromatic heterocycles. The summed E-state index contributed by atoms with van der Waals surface area (Å²) in [4.78, 5) is 11.4. The van der Waals surface area contributed by atoms with Crippen LogP contribution in [-0.4, -0.2) is 31.2 Å². The number of hydrogen-bond donors (Lipinski definition) is 3. The van der Waals surface area contributed by atoms with Gasteiger partial charge in [-0.1, -0.05) is 13.3 Å². The summed E-state index contributed by atoms with van der Waals surface area (Å²) in [5, 5.41) is 9.44. The summed E-state index contributed by atoms with van der Waals surface area (Å²) >= 11 is 0. The van der Waals surface area contributed by atoms with Gasteiger partial charge < -0.3 is 16.0 Å². The van der Waals surface area contributed by atoms with E-state index in [1.807, 2.05) is 0 Å². The highest BCUT2D eigenvalue weighted by Gasteiger charge is 2.38. The standard InChI is InChI=1S/C12H23N3O/c1-2-3-6-13-12(16)14-8-9-7-10-4-5-11(9)15-10/h9-11,15H,2-8H2,1H3,(H2,13,14,16). The molecule has 4 nitrogen and oxygen atoms in total. The van der Waals surface area contributed by atoms with E-state index in [-0.39, 0.29) is 6.03 Å². The fraction of sp³-hybridized carbons (Fsp3) is 0.917. The summed E-state index contributed by atoms with van der Waals surface area (Å²) in [5.41, 5.74) is 0. The zero-order valence-corrected chi connectivity index (χ0v) is 10.1. The second kappa shape index (κ2) is 5.53. The Hall–Kier alpha value is -0.770. The normalized spacial score (nSPS) is 31.7. The fourth-order valence-electron chi connectivity index (χ4n) is 2.83. The number of rotatable bonds is 5. The van der Waals surface area contributed by atoms with E-state index in [1.165, 1.54) is 19.3 Å². The molecule has 2 fully saturated rings. The average Bonchev–Trinajstić information content (AvgIpc) is 2.88. The van der Waals surface area contributed by atoms with Crippen LogP contribution in [0.4, 0.5) is 4.79 Å². The molecule has 0 saturated carbocycles. The van der Waals surface area contributed by atoms with E-state index in [0.717, 1.165) is 32.0 Å². The highest BCUT2D eigenvalue weighted by molar-refractivity contribution is 5.73. The van der Waals surface area contributed by atoms with Gasteiger partial charge in [0.15, 0.2) is 0 Å². The maximum Gasteiger partial charge on any atom is 0.314 e. The van der Waals surface area contributed by atoms with Gasteiger partial charge in [0, 0.05) is 25.2 Å². The minimum Gasteiger partial charge on any atom is -0.338 e. The van der Waals surface area contributed by atoms with Crippen molar-refractivity contribution in [1.29, 1.82) is 0 Å². The smallest absolute Gasteiger partial charge is 0.314 e. The zero-order chi connectivity index (χ0) is 11.4. The number of fused-ring (bicyclic) bond motifs is 2. The Bertz CT molecular complexity index is 244. The molecule has 2 rings (SSSR count). The van der Waals surface area contributed by atoms with Crippen LogP contribution in [0.1, 0.15) is 39.0 Å². The van der Waals surface area contributed by atoms with Crippen molar-refractivity contribution in [2.75, 3.05) is 13.1 Å². The molecule has 0 aromatic rings. The fourth-order valence-corrected chi connectivity index (χ4v) is 2.83. The number of unbranched alkanes of at least 4 members (excludes halogenated alkanes) is 1. The predicted octanol–water partition coefficient (Wildman–Crippen LogP) is 1.23. The van der Waals surface area contributed by atoms with E-state index < -0.39 is 0 Å². The Morgan fingerprint density at radius 1 is 1.38 bits per heavy atom. The van der Waals surface area contributed by atoms with E-state index in [1.54, 1.807) is 0 Å². The van der Waals surface area contributed by atoms with Crippen LogP contribution in [0.25, 0.3) is 0 Å². The lowest BCUT2D eigenvalue weighted by Crippen LogP contribution is -2.41. The minimum atomic E-state index is -0.00350. The second-order valence-corrected chi connectivity index (χ2v) is 5.03. The number of carbonyl (C=O) groups excluding carboxylic acids is 1. The molecular formula is C12H23N3O. The maximum absolute atomic E-state index is 11.4. The first-order valence-corrected chi connectivity index (χ1v) is 6.57. The molecule has 3 N–H and O–H groups in total. The largest absolute Gasteiger partial charge is 0.338 e. The van der Waals surface area contributed by atoms with Crippen LogP contribution in [0, 0.1) is 5.92 Å². The third-order valence-corrected chi connectivity index (χ3v) is 3.77. The molecule has 2 saturated heterocycles. The quantitative estimate of drug-likeness (QED) is 0.616. The van der Waals surface area contributed by atoms with Gasteiger partial charge in [-0.05, 0) is 31.6 Å². The van der Waals surface area contributed by atoms with E-state index in [4.69, 9.17) is 0 Å². The van der Waals surface area contributed by atoms with Crippen LogP contribution in [-0.2, 0) is 0 Å². The molecular weight excluding hydrogens is 202 g/mol. The lowest BCUT2D eigenvalue weighted by Gasteiger charge is -2.20. The molecule has 0 radical (unpaired) electrons. The van der Waals surface area contributed by atoms with Gasteiger partial charge in [0.1, 0.15) is 0 Å². The number of urea groups is 1. The summed E-state index contributed by atoms with van der Waals surface area (Å²) in [6, 6.07) is 1.37. The summed E-state index contributed by atoms with van der Waals surface area (Å²) in [6.45, 7) is 3.74. The second-order valence-electron chi connectivity index (χ2n) is 5.03. The molecule has 0 aliphatic carbocycles. The number of nitrogens with one attached hydrogen (secondary N) is 3. The van der Waals surface area contributed by atoms with E-state index in [0.29, 0.717) is 12.0 Å². The van der Waals surface area contributed by atoms with Gasteiger partial charge in [-0.15, -0.1) is 0 Å². The average molecular weight is 225 g/mol. The predicted molar refractivity (Wildman–Crippen MR) is 64.4 cm³/mol. The number of hydrogen-bond acceptors (Lipinski definition) is 2. The van der Waals surface area contributed by atoms with Crippen molar-refractivity contribution in [3.8, 4) is 0 Å². The number of carbonyl (C=O) groups is 1. The molecule has 2 heterocycles. The van der Waals surface area contributed by atoms with Gasteiger partial charge in [0.25, 0.3) is 0 Å². The summed E-state index contributed by atoms with van der Waals surface area (Å²) in [5.74, 6) is 0.649. The molecule has 2 bridgehead atoms. The molecule has 16 heavy (non-hydrogen) atoms. The molecule has 2 aliphatic rings. The molecule has 3 atom stereocenters. The molecule has 0 spiro atoms. The van der Waals surface area contributed by atoms with Crippen molar-refractivity contribution in [2.45, 2.75) is 51.1 Å². The van der Waals surface area contributed by atoms with Gasteiger partial charge in [-0.2, -0.15) is 0 Å². The Morgan fingerprint density at radius 2 is 2.25 bits per heavy atom. The van der Waals surface area contributed by atoms with E-state index in [9.17, 15) is 4.79 Å². The van der Waals surface area contributed by atoms with Crippen LogP contribution in [0.2, 0.25) is 0 Å². The summed E-state index contributed by atoms with van der Waals surface area (Å²) in [6.07, 6.45) is 6.03. The third kappa shape index (κ3) is 2.88. The van der Waals surface area contributed by atoms with Gasteiger partial charge in [0.05, 0.1) is 0 Å². The van der Waals surface area contributed by atoms with Crippen LogP contribution in [0.15, 0.2) is 0 Å². The summed E-state index contributed by atoms with van der Waals surface area (Å²) < 4.78 is 0. The van der Waals surface area contributed by atoms with Crippen molar-refractivity contribution in [3.63, 3.8) is 0 Å². The van der Waals surface area contributed by atoms with Crippen molar-refractivity contribution in [2.24, 2.45) is 5.92 Å². The minimum absolute atomic E-state index is 0.00350. The Labute approximate surface area is 97.6 Å². The van der Waals surface area contributed by atoms with Crippen molar-refractivity contribution in [3.05, 3.63) is 0 Å². The van der Waals surface area contributed by atoms with Gasteiger partial charge >= 0.3 is 6.03 Å². The summed E-state index contributed by atoms with van der Waals surface area (Å²) in [7, 11) is 0. The number of amides is 2. The Morgan fingerprint density at radius 3 is 2.88 bits per heavy atom. The molecule has 4 heteroatoms. The van der Waals surface area contributed by atoms with Gasteiger partial charge in [-0.3, -0.25) is 0 Å². The topological polar surface area (TPSA) is 53.2 Å². The first kappa shape index (κ1) is 11.7. The zero-order valence-electron chi connectivity index (χ0n) is 10.1. The van der Waals surface area contributed by atoms with Crippen LogP contribution in [0.5, 0.6) is 0 Å². The lowest BCUT2D eigenvalue weighted by molar-refractivity contribution is 0.237. The van der Waals surface area contributed by atoms with Gasteiger partial charge in [-0.25, -0.2) is 4.79 Å². The van der Waals surface area contributed by atoms with Crippen molar-refractivity contribution in [1.82, 2.24) is 16.0 Å². The molecule has 2 amide bonds. The Kier molecular flexibility index (Phi) is 4.04. The first-order chi connectivity index (χ1) is 7.79. The highest BCUT2D eigenvalue weighted by Crippen LogP contribution is 2.32. The molecule has 0 aromatic carbocycles. The lowest BCUT2D eigenvalue weighted by atomic mass is 9.89. The van der Waals surface area contributed by atoms with Gasteiger partial charge in [0.2, 0.25) is 0 Å². The Balaban J connectivity index is 1.59. The van der Waals surface area contributed by atoms with E-state index in [2.05, 4.69) is 22.9 Å².